The van der Waals surface area contributed by atoms with Crippen LogP contribution in [0.1, 0.15) is 6.92 Å². The Bertz CT molecular complexity index is 224. The van der Waals surface area contributed by atoms with Crippen molar-refractivity contribution in [1.29, 1.82) is 0 Å². The molecule has 82 valence electrons. The van der Waals surface area contributed by atoms with Gasteiger partial charge in [-0.05, 0) is 6.92 Å². The van der Waals surface area contributed by atoms with Gasteiger partial charge in [-0.1, -0.05) is 0 Å². The number of nitrogens with two attached hydrogens (primary N) is 1. The molecule has 0 spiro atoms. The zero-order valence-electron chi connectivity index (χ0n) is 7.62. The van der Waals surface area contributed by atoms with Gasteiger partial charge < -0.3 is 31.1 Å². The van der Waals surface area contributed by atoms with Crippen LogP contribution in [0.2, 0.25) is 0 Å². The summed E-state index contributed by atoms with van der Waals surface area (Å²) in [6, 6.07) is -0.871. The fourth-order valence-electron chi connectivity index (χ4n) is 1.31. The molecule has 2 amide bonds. The number of aliphatic hydroxyl groups is 3. The molecule has 1 fully saturated rings. The second-order valence-corrected chi connectivity index (χ2v) is 3.24. The van der Waals surface area contributed by atoms with Crippen molar-refractivity contribution >= 4 is 6.03 Å². The lowest BCUT2D eigenvalue weighted by molar-refractivity contribution is -0.221. The standard InChI is InChI=1S/C7H14N2O5/c1-2-3(10)4(11)5(12)6(14-2)9-7(8)13/h2-6,10-12H,1H3,(H3,8,9,13)/t2-,3-,4+,5+,6?/m0/s1. The number of primary amides is 1. The topological polar surface area (TPSA) is 125 Å². The number of ether oxygens (including phenoxy) is 1. The lowest BCUT2D eigenvalue weighted by Gasteiger charge is -2.39. The maximum atomic E-state index is 10.5. The molecule has 1 unspecified atom stereocenters. The highest BCUT2D eigenvalue weighted by Crippen LogP contribution is 2.19. The molecule has 0 aromatic heterocycles. The predicted octanol–water partition coefficient (Wildman–Crippen LogP) is -2.52. The Morgan fingerprint density at radius 1 is 1.29 bits per heavy atom. The van der Waals surface area contributed by atoms with Crippen molar-refractivity contribution in [2.75, 3.05) is 0 Å². The van der Waals surface area contributed by atoms with Crippen molar-refractivity contribution in [2.24, 2.45) is 5.73 Å². The first-order valence-corrected chi connectivity index (χ1v) is 4.19. The number of hydrogen-bond acceptors (Lipinski definition) is 5. The lowest BCUT2D eigenvalue weighted by Crippen LogP contribution is -2.62. The van der Waals surface area contributed by atoms with Crippen LogP contribution in [0.5, 0.6) is 0 Å². The Kier molecular flexibility index (Phi) is 3.27. The van der Waals surface area contributed by atoms with Crippen molar-refractivity contribution in [3.8, 4) is 0 Å². The van der Waals surface area contributed by atoms with Gasteiger partial charge in [-0.2, -0.15) is 0 Å². The molecule has 0 aliphatic carbocycles. The van der Waals surface area contributed by atoms with E-state index in [0.717, 1.165) is 0 Å². The summed E-state index contributed by atoms with van der Waals surface area (Å²) in [4.78, 5) is 10.5. The smallest absolute Gasteiger partial charge is 0.314 e. The Hall–Kier alpha value is -0.890. The van der Waals surface area contributed by atoms with Gasteiger partial charge in [-0.3, -0.25) is 0 Å². The van der Waals surface area contributed by atoms with E-state index >= 15 is 0 Å². The molecule has 0 aromatic carbocycles. The Balaban J connectivity index is 2.65. The monoisotopic (exact) mass is 206 g/mol. The predicted molar refractivity (Wildman–Crippen MR) is 45.1 cm³/mol. The molecule has 1 rings (SSSR count). The summed E-state index contributed by atoms with van der Waals surface area (Å²) in [5.41, 5.74) is 4.83. The molecule has 0 aromatic rings. The fourth-order valence-corrected chi connectivity index (χ4v) is 1.31. The van der Waals surface area contributed by atoms with Crippen molar-refractivity contribution in [3.63, 3.8) is 0 Å². The van der Waals surface area contributed by atoms with Gasteiger partial charge in [0.25, 0.3) is 0 Å². The highest BCUT2D eigenvalue weighted by Gasteiger charge is 2.42. The summed E-state index contributed by atoms with van der Waals surface area (Å²) in [7, 11) is 0. The average molecular weight is 206 g/mol. The summed E-state index contributed by atoms with van der Waals surface area (Å²) in [5, 5.41) is 30.1. The second kappa shape index (κ2) is 4.09. The van der Waals surface area contributed by atoms with Crippen molar-refractivity contribution < 1.29 is 24.9 Å². The van der Waals surface area contributed by atoms with Crippen LogP contribution in [0.25, 0.3) is 0 Å². The van der Waals surface area contributed by atoms with Crippen molar-refractivity contribution in [1.82, 2.24) is 5.32 Å². The molecule has 0 saturated carbocycles. The first kappa shape index (κ1) is 11.2. The average Bonchev–Trinajstić information content (AvgIpc) is 2.10. The van der Waals surface area contributed by atoms with Gasteiger partial charge in [0.1, 0.15) is 18.3 Å². The number of carbonyl (C=O) groups is 1. The summed E-state index contributed by atoms with van der Waals surface area (Å²) in [6.45, 7) is 1.51. The highest BCUT2D eigenvalue weighted by molar-refractivity contribution is 5.71. The third-order valence-electron chi connectivity index (χ3n) is 2.14. The van der Waals surface area contributed by atoms with E-state index in [1.54, 1.807) is 0 Å². The molecule has 0 bridgehead atoms. The maximum Gasteiger partial charge on any atom is 0.314 e. The van der Waals surface area contributed by atoms with Crippen molar-refractivity contribution in [3.05, 3.63) is 0 Å². The quantitative estimate of drug-likeness (QED) is 0.324. The minimum atomic E-state index is -1.39. The molecule has 0 radical (unpaired) electrons. The van der Waals surface area contributed by atoms with Crippen LogP contribution in [0.3, 0.4) is 0 Å². The number of amides is 2. The van der Waals surface area contributed by atoms with E-state index in [-0.39, 0.29) is 0 Å². The number of rotatable bonds is 1. The Morgan fingerprint density at radius 3 is 2.36 bits per heavy atom. The van der Waals surface area contributed by atoms with E-state index < -0.39 is 36.7 Å². The molecule has 7 heteroatoms. The molecule has 1 saturated heterocycles. The van der Waals surface area contributed by atoms with Crippen LogP contribution in [0.15, 0.2) is 0 Å². The van der Waals surface area contributed by atoms with Gasteiger partial charge in [0.15, 0.2) is 6.23 Å². The molecule has 5 atom stereocenters. The molecular formula is C7H14N2O5. The van der Waals surface area contributed by atoms with E-state index in [4.69, 9.17) is 10.5 Å². The molecule has 14 heavy (non-hydrogen) atoms. The van der Waals surface area contributed by atoms with Crippen LogP contribution in [-0.4, -0.2) is 52.0 Å². The lowest BCUT2D eigenvalue weighted by atomic mass is 9.99. The van der Waals surface area contributed by atoms with Gasteiger partial charge in [0.2, 0.25) is 0 Å². The summed E-state index contributed by atoms with van der Waals surface area (Å²) < 4.78 is 5.02. The second-order valence-electron chi connectivity index (χ2n) is 3.24. The number of hydrogen-bond donors (Lipinski definition) is 5. The zero-order chi connectivity index (χ0) is 10.9. The van der Waals surface area contributed by atoms with E-state index in [2.05, 4.69) is 5.32 Å². The summed E-state index contributed by atoms with van der Waals surface area (Å²) in [6.07, 6.45) is -5.73. The normalized spacial score (nSPS) is 43.3. The first-order chi connectivity index (χ1) is 6.43. The third-order valence-corrected chi connectivity index (χ3v) is 2.14. The fraction of sp³-hybridized carbons (Fsp3) is 0.857. The van der Waals surface area contributed by atoms with Crippen LogP contribution < -0.4 is 11.1 Å². The maximum absolute atomic E-state index is 10.5. The molecular weight excluding hydrogens is 192 g/mol. The molecule has 1 aliphatic rings. The van der Waals surface area contributed by atoms with Crippen LogP contribution in [0.4, 0.5) is 4.79 Å². The third kappa shape index (κ3) is 2.13. The van der Waals surface area contributed by atoms with Crippen LogP contribution in [0, 0.1) is 0 Å². The number of nitrogens with one attached hydrogen (secondary N) is 1. The summed E-state index contributed by atoms with van der Waals surface area (Å²) >= 11 is 0. The zero-order valence-corrected chi connectivity index (χ0v) is 7.62. The van der Waals surface area contributed by atoms with Crippen LogP contribution >= 0.6 is 0 Å². The largest absolute Gasteiger partial charge is 0.388 e. The number of carbonyl (C=O) groups excluding carboxylic acids is 1. The minimum Gasteiger partial charge on any atom is -0.388 e. The molecule has 6 N–H and O–H groups in total. The van der Waals surface area contributed by atoms with Gasteiger partial charge >= 0.3 is 6.03 Å². The van der Waals surface area contributed by atoms with Crippen molar-refractivity contribution in [2.45, 2.75) is 37.6 Å². The van der Waals surface area contributed by atoms with E-state index in [1.165, 1.54) is 6.92 Å². The molecule has 1 aliphatic heterocycles. The number of urea groups is 1. The first-order valence-electron chi connectivity index (χ1n) is 4.19. The minimum absolute atomic E-state index is 0.690. The van der Waals surface area contributed by atoms with E-state index in [0.29, 0.717) is 0 Å². The highest BCUT2D eigenvalue weighted by atomic mass is 16.5. The van der Waals surface area contributed by atoms with E-state index in [1.807, 2.05) is 0 Å². The Labute approximate surface area is 80.5 Å². The van der Waals surface area contributed by atoms with Crippen LogP contribution in [-0.2, 0) is 4.74 Å². The van der Waals surface area contributed by atoms with Gasteiger partial charge in [-0.15, -0.1) is 0 Å². The molecule has 1 heterocycles. The number of aliphatic hydroxyl groups excluding tert-OH is 3. The van der Waals surface area contributed by atoms with Gasteiger partial charge in [0.05, 0.1) is 6.10 Å². The van der Waals surface area contributed by atoms with Gasteiger partial charge in [-0.25, -0.2) is 4.79 Å². The Morgan fingerprint density at radius 2 is 1.86 bits per heavy atom. The SMILES string of the molecule is C[C@@H]1OC(NC(N)=O)[C@H](O)[C@H](O)[C@H]1O. The van der Waals surface area contributed by atoms with E-state index in [9.17, 15) is 20.1 Å². The van der Waals surface area contributed by atoms with Gasteiger partial charge in [0, 0.05) is 0 Å². The summed E-state index contributed by atoms with van der Waals surface area (Å²) in [5.74, 6) is 0. The molecule has 7 nitrogen and oxygen atoms in total.